The van der Waals surface area contributed by atoms with Crippen LogP contribution in [0.1, 0.15) is 26.3 Å². The highest BCUT2D eigenvalue weighted by atomic mass is 127. The lowest BCUT2D eigenvalue weighted by Crippen LogP contribution is -2.37. The number of nitrogens with zero attached hydrogens (tertiary/aromatic N) is 2. The molecule has 1 rings (SSSR count). The normalized spacial score (nSPS) is 10.8. The first kappa shape index (κ1) is 19.7. The summed E-state index contributed by atoms with van der Waals surface area (Å²) in [5.74, 6) is 1.42. The van der Waals surface area contributed by atoms with Gasteiger partial charge >= 0.3 is 0 Å². The molecule has 0 aliphatic rings. The maximum Gasteiger partial charge on any atom is 0.213 e. The van der Waals surface area contributed by atoms with Gasteiger partial charge in [0.2, 0.25) is 5.88 Å². The van der Waals surface area contributed by atoms with Crippen molar-refractivity contribution in [2.24, 2.45) is 4.99 Å². The Morgan fingerprint density at radius 3 is 2.71 bits per heavy atom. The Hall–Kier alpha value is -1.31. The molecule has 1 aromatic rings. The van der Waals surface area contributed by atoms with Gasteiger partial charge in [-0.05, 0) is 26.3 Å². The lowest BCUT2D eigenvalue weighted by molar-refractivity contribution is 0.232. The van der Waals surface area contributed by atoms with Gasteiger partial charge in [-0.15, -0.1) is 30.6 Å². The lowest BCUT2D eigenvalue weighted by atomic mass is 10.3. The van der Waals surface area contributed by atoms with Crippen LogP contribution in [-0.4, -0.2) is 30.1 Å². The van der Waals surface area contributed by atoms with Crippen molar-refractivity contribution in [1.29, 1.82) is 0 Å². The standard InChI is InChI=1S/C15H24N4O.HI/c1-5-9-17-15(16-6-2)19-11-13-7-8-14(18-10-13)20-12(3)4;/h5,7-8,10,12H,1,6,9,11H2,2-4H3,(H2,16,17,19);1H. The largest absolute Gasteiger partial charge is 0.475 e. The first-order valence-electron chi connectivity index (χ1n) is 6.90. The van der Waals surface area contributed by atoms with Gasteiger partial charge < -0.3 is 15.4 Å². The van der Waals surface area contributed by atoms with Crippen molar-refractivity contribution >= 4 is 29.9 Å². The highest BCUT2D eigenvalue weighted by Gasteiger charge is 2.00. The van der Waals surface area contributed by atoms with Gasteiger partial charge in [0, 0.05) is 25.4 Å². The van der Waals surface area contributed by atoms with E-state index in [-0.39, 0.29) is 30.1 Å². The summed E-state index contributed by atoms with van der Waals surface area (Å²) in [6.45, 7) is 11.7. The van der Waals surface area contributed by atoms with Gasteiger partial charge in [0.1, 0.15) is 0 Å². The number of guanidine groups is 1. The predicted molar refractivity (Wildman–Crippen MR) is 98.4 cm³/mol. The van der Waals surface area contributed by atoms with E-state index in [4.69, 9.17) is 4.74 Å². The molecule has 0 spiro atoms. The van der Waals surface area contributed by atoms with Gasteiger partial charge in [-0.2, -0.15) is 0 Å². The Kier molecular flexibility index (Phi) is 10.7. The van der Waals surface area contributed by atoms with E-state index in [2.05, 4.69) is 27.2 Å². The summed E-state index contributed by atoms with van der Waals surface area (Å²) in [7, 11) is 0. The smallest absolute Gasteiger partial charge is 0.213 e. The van der Waals surface area contributed by atoms with Gasteiger partial charge in [-0.25, -0.2) is 9.98 Å². The second-order valence-electron chi connectivity index (χ2n) is 4.54. The second-order valence-corrected chi connectivity index (χ2v) is 4.54. The molecule has 2 N–H and O–H groups in total. The molecule has 0 bridgehead atoms. The van der Waals surface area contributed by atoms with E-state index in [0.29, 0.717) is 19.0 Å². The van der Waals surface area contributed by atoms with Crippen LogP contribution in [0.5, 0.6) is 5.88 Å². The average molecular weight is 404 g/mol. The Labute approximate surface area is 144 Å². The van der Waals surface area contributed by atoms with Crippen LogP contribution < -0.4 is 15.4 Å². The summed E-state index contributed by atoms with van der Waals surface area (Å²) in [5.41, 5.74) is 1.04. The van der Waals surface area contributed by atoms with Crippen LogP contribution in [0.4, 0.5) is 0 Å². The van der Waals surface area contributed by atoms with Crippen LogP contribution in [0.15, 0.2) is 36.0 Å². The monoisotopic (exact) mass is 404 g/mol. The van der Waals surface area contributed by atoms with Crippen molar-refractivity contribution in [3.63, 3.8) is 0 Å². The molecule has 0 saturated heterocycles. The van der Waals surface area contributed by atoms with E-state index in [1.54, 1.807) is 12.3 Å². The topological polar surface area (TPSA) is 58.5 Å². The van der Waals surface area contributed by atoms with Crippen molar-refractivity contribution in [3.05, 3.63) is 36.5 Å². The highest BCUT2D eigenvalue weighted by Crippen LogP contribution is 2.10. The number of hydrogen-bond donors (Lipinski definition) is 2. The third-order valence-electron chi connectivity index (χ3n) is 2.33. The van der Waals surface area contributed by atoms with Crippen LogP contribution >= 0.6 is 24.0 Å². The van der Waals surface area contributed by atoms with E-state index >= 15 is 0 Å². The molecule has 0 saturated carbocycles. The minimum Gasteiger partial charge on any atom is -0.475 e. The molecule has 0 unspecified atom stereocenters. The fourth-order valence-electron chi connectivity index (χ4n) is 1.50. The second kappa shape index (κ2) is 11.4. The molecule has 118 valence electrons. The summed E-state index contributed by atoms with van der Waals surface area (Å²) < 4.78 is 5.50. The molecule has 0 aliphatic heterocycles. The molecule has 6 heteroatoms. The molecule has 0 radical (unpaired) electrons. The molecule has 0 atom stereocenters. The van der Waals surface area contributed by atoms with Crippen LogP contribution in [-0.2, 0) is 6.54 Å². The Morgan fingerprint density at radius 1 is 1.43 bits per heavy atom. The van der Waals surface area contributed by atoms with Gasteiger partial charge in [-0.3, -0.25) is 0 Å². The number of halogens is 1. The van der Waals surface area contributed by atoms with Crippen molar-refractivity contribution in [3.8, 4) is 5.88 Å². The van der Waals surface area contributed by atoms with Crippen LogP contribution in [0, 0.1) is 0 Å². The number of aliphatic imine (C=N–C) groups is 1. The number of ether oxygens (including phenoxy) is 1. The molecule has 1 heterocycles. The SMILES string of the molecule is C=CCNC(=NCc1ccc(OC(C)C)nc1)NCC.I. The summed E-state index contributed by atoms with van der Waals surface area (Å²) in [6.07, 6.45) is 3.72. The molecular formula is C15H25IN4O. The van der Waals surface area contributed by atoms with Crippen LogP contribution in [0.2, 0.25) is 0 Å². The van der Waals surface area contributed by atoms with Gasteiger partial charge in [0.05, 0.1) is 12.6 Å². The minimum absolute atomic E-state index is 0. The fraction of sp³-hybridized carbons (Fsp3) is 0.467. The summed E-state index contributed by atoms with van der Waals surface area (Å²) in [6, 6.07) is 3.85. The van der Waals surface area contributed by atoms with Crippen molar-refractivity contribution in [2.45, 2.75) is 33.4 Å². The molecule has 1 aromatic heterocycles. The zero-order valence-electron chi connectivity index (χ0n) is 12.9. The van der Waals surface area contributed by atoms with E-state index < -0.39 is 0 Å². The molecule has 5 nitrogen and oxygen atoms in total. The third kappa shape index (κ3) is 8.54. The zero-order valence-corrected chi connectivity index (χ0v) is 15.3. The lowest BCUT2D eigenvalue weighted by Gasteiger charge is -2.10. The van der Waals surface area contributed by atoms with E-state index in [1.807, 2.05) is 32.9 Å². The molecule has 0 aliphatic carbocycles. The fourth-order valence-corrected chi connectivity index (χ4v) is 1.50. The minimum atomic E-state index is 0. The van der Waals surface area contributed by atoms with Gasteiger partial charge in [0.15, 0.2) is 5.96 Å². The molecule has 0 fully saturated rings. The highest BCUT2D eigenvalue weighted by molar-refractivity contribution is 14.0. The first-order valence-corrected chi connectivity index (χ1v) is 6.90. The maximum absolute atomic E-state index is 5.50. The van der Waals surface area contributed by atoms with Crippen molar-refractivity contribution in [1.82, 2.24) is 15.6 Å². The average Bonchev–Trinajstić information content (AvgIpc) is 2.43. The molecule has 0 aromatic carbocycles. The predicted octanol–water partition coefficient (Wildman–Crippen LogP) is 2.73. The van der Waals surface area contributed by atoms with Crippen LogP contribution in [0.3, 0.4) is 0 Å². The summed E-state index contributed by atoms with van der Waals surface area (Å²) >= 11 is 0. The maximum atomic E-state index is 5.50. The Balaban J connectivity index is 0.00000400. The first-order chi connectivity index (χ1) is 9.65. The van der Waals surface area contributed by atoms with E-state index in [1.165, 1.54) is 0 Å². The molecule has 0 amide bonds. The molecular weight excluding hydrogens is 379 g/mol. The summed E-state index contributed by atoms with van der Waals surface area (Å²) in [5, 5.41) is 6.32. The number of hydrogen-bond acceptors (Lipinski definition) is 3. The third-order valence-corrected chi connectivity index (χ3v) is 2.33. The number of rotatable bonds is 7. The summed E-state index contributed by atoms with van der Waals surface area (Å²) in [4.78, 5) is 8.73. The quantitative estimate of drug-likeness (QED) is 0.318. The van der Waals surface area contributed by atoms with Gasteiger partial charge in [0.25, 0.3) is 0 Å². The Morgan fingerprint density at radius 2 is 2.19 bits per heavy atom. The molecule has 21 heavy (non-hydrogen) atoms. The zero-order chi connectivity index (χ0) is 14.8. The number of aromatic nitrogens is 1. The van der Waals surface area contributed by atoms with Crippen LogP contribution in [0.25, 0.3) is 0 Å². The number of nitrogens with one attached hydrogen (secondary N) is 2. The van der Waals surface area contributed by atoms with E-state index in [0.717, 1.165) is 18.1 Å². The van der Waals surface area contributed by atoms with Crippen molar-refractivity contribution in [2.75, 3.05) is 13.1 Å². The number of pyridine rings is 1. The van der Waals surface area contributed by atoms with Gasteiger partial charge in [-0.1, -0.05) is 12.1 Å². The van der Waals surface area contributed by atoms with E-state index in [9.17, 15) is 0 Å². The Bertz CT molecular complexity index is 432. The van der Waals surface area contributed by atoms with Crippen molar-refractivity contribution < 1.29 is 4.74 Å².